The monoisotopic (exact) mass is 526 g/mol. The summed E-state index contributed by atoms with van der Waals surface area (Å²) in [5, 5.41) is 19.3. The highest BCUT2D eigenvalue weighted by molar-refractivity contribution is 7.14. The largest absolute Gasteiger partial charge is 0.476 e. The Kier molecular flexibility index (Phi) is 6.93. The van der Waals surface area contributed by atoms with Crippen molar-refractivity contribution in [3.8, 4) is 0 Å². The van der Waals surface area contributed by atoms with Gasteiger partial charge in [0.2, 0.25) is 11.6 Å². The number of oxime groups is 1. The van der Waals surface area contributed by atoms with Gasteiger partial charge in [0.15, 0.2) is 5.13 Å². The van der Waals surface area contributed by atoms with E-state index >= 15 is 0 Å². The van der Waals surface area contributed by atoms with Crippen LogP contribution < -0.4 is 11.1 Å². The van der Waals surface area contributed by atoms with E-state index in [1.165, 1.54) is 11.3 Å². The van der Waals surface area contributed by atoms with Crippen molar-refractivity contribution in [2.24, 2.45) is 16.3 Å². The van der Waals surface area contributed by atoms with Crippen molar-refractivity contribution >= 4 is 34.1 Å². The van der Waals surface area contributed by atoms with Crippen LogP contribution in [0.15, 0.2) is 102 Å². The molecule has 0 aliphatic heterocycles. The predicted molar refractivity (Wildman–Crippen MR) is 146 cm³/mol. The molecule has 1 heterocycles. The number of anilines is 1. The van der Waals surface area contributed by atoms with Gasteiger partial charge < -0.3 is 21.0 Å². The Balaban J connectivity index is 1.53. The van der Waals surface area contributed by atoms with E-state index in [1.54, 1.807) is 5.38 Å². The number of nitrogens with one attached hydrogen (secondary N) is 1. The molecule has 1 amide bonds. The van der Waals surface area contributed by atoms with Gasteiger partial charge in [0.1, 0.15) is 17.8 Å². The third-order valence-corrected chi connectivity index (χ3v) is 7.49. The lowest BCUT2D eigenvalue weighted by Crippen LogP contribution is -2.38. The van der Waals surface area contributed by atoms with Crippen LogP contribution in [0.4, 0.5) is 5.13 Å². The van der Waals surface area contributed by atoms with Gasteiger partial charge >= 0.3 is 5.97 Å². The Bertz CT molecular complexity index is 1360. The Hall–Kier alpha value is -4.50. The maximum atomic E-state index is 12.0. The van der Waals surface area contributed by atoms with Gasteiger partial charge in [-0.15, -0.1) is 11.3 Å². The third-order valence-electron chi connectivity index (χ3n) is 6.74. The number of aromatic nitrogens is 1. The molecule has 0 radical (unpaired) electrons. The second-order valence-electron chi connectivity index (χ2n) is 9.17. The van der Waals surface area contributed by atoms with Crippen LogP contribution in [0.5, 0.6) is 0 Å². The van der Waals surface area contributed by atoms with Crippen molar-refractivity contribution in [2.75, 3.05) is 11.9 Å². The van der Waals surface area contributed by atoms with E-state index in [4.69, 9.17) is 10.6 Å². The Morgan fingerprint density at radius 3 is 1.87 bits per heavy atom. The summed E-state index contributed by atoms with van der Waals surface area (Å²) >= 11 is 1.27. The quantitative estimate of drug-likeness (QED) is 0.149. The second-order valence-corrected chi connectivity index (χ2v) is 10.0. The van der Waals surface area contributed by atoms with Gasteiger partial charge in [-0.2, -0.15) is 0 Å². The molecule has 3 aromatic carbocycles. The first kappa shape index (κ1) is 25.2. The summed E-state index contributed by atoms with van der Waals surface area (Å²) in [5.41, 5.74) is 6.63. The number of amides is 1. The first-order chi connectivity index (χ1) is 18.4. The number of thiazole rings is 1. The highest BCUT2D eigenvalue weighted by Gasteiger charge is 2.49. The average molecular weight is 527 g/mol. The summed E-state index contributed by atoms with van der Waals surface area (Å²) in [6.45, 7) is -0.0620. The smallest absolute Gasteiger partial charge is 0.360 e. The van der Waals surface area contributed by atoms with Crippen molar-refractivity contribution in [3.63, 3.8) is 0 Å². The number of carboxylic acids is 1. The Labute approximate surface area is 223 Å². The lowest BCUT2D eigenvalue weighted by molar-refractivity contribution is -0.129. The fourth-order valence-electron chi connectivity index (χ4n) is 4.41. The zero-order valence-electron chi connectivity index (χ0n) is 20.4. The minimum Gasteiger partial charge on any atom is -0.476 e. The SMILES string of the molecule is NC(=O)C1(CON=C(C(=O)O)c2csc(NC(c3ccccc3)(c3ccccc3)c3ccccc3)n2)CC1. The number of rotatable bonds is 11. The van der Waals surface area contributed by atoms with Gasteiger partial charge in [0, 0.05) is 5.38 Å². The molecule has 0 spiro atoms. The minimum atomic E-state index is -1.29. The summed E-state index contributed by atoms with van der Waals surface area (Å²) in [4.78, 5) is 33.5. The molecule has 0 atom stereocenters. The van der Waals surface area contributed by atoms with E-state index in [9.17, 15) is 14.7 Å². The van der Waals surface area contributed by atoms with Crippen molar-refractivity contribution in [1.29, 1.82) is 0 Å². The van der Waals surface area contributed by atoms with Crippen LogP contribution in [0.3, 0.4) is 0 Å². The lowest BCUT2D eigenvalue weighted by atomic mass is 9.77. The van der Waals surface area contributed by atoms with Gasteiger partial charge in [0.25, 0.3) is 0 Å². The van der Waals surface area contributed by atoms with Crippen molar-refractivity contribution in [3.05, 3.63) is 119 Å². The summed E-state index contributed by atoms with van der Waals surface area (Å²) in [6, 6.07) is 30.1. The second kappa shape index (κ2) is 10.5. The fourth-order valence-corrected chi connectivity index (χ4v) is 5.16. The molecule has 4 N–H and O–H groups in total. The number of carbonyl (C=O) groups is 2. The van der Waals surface area contributed by atoms with Crippen molar-refractivity contribution in [2.45, 2.75) is 18.4 Å². The van der Waals surface area contributed by atoms with E-state index in [1.807, 2.05) is 91.0 Å². The topological polar surface area (TPSA) is 127 Å². The number of primary amides is 1. The fraction of sp³-hybridized carbons (Fsp3) is 0.172. The molecule has 1 aliphatic rings. The lowest BCUT2D eigenvalue weighted by Gasteiger charge is -2.36. The summed E-state index contributed by atoms with van der Waals surface area (Å²) in [6.07, 6.45) is 1.21. The van der Waals surface area contributed by atoms with E-state index < -0.39 is 22.8 Å². The molecule has 192 valence electrons. The van der Waals surface area contributed by atoms with Crippen LogP contribution in [-0.2, 0) is 20.0 Å². The maximum absolute atomic E-state index is 12.0. The molecule has 1 aromatic heterocycles. The minimum absolute atomic E-state index is 0.0620. The molecule has 0 saturated heterocycles. The normalized spacial score (nSPS) is 14.5. The highest BCUT2D eigenvalue weighted by Crippen LogP contribution is 2.45. The number of aliphatic carboxylic acids is 1. The third kappa shape index (κ3) is 4.88. The number of hydrogen-bond acceptors (Lipinski definition) is 7. The Morgan fingerprint density at radius 1 is 0.947 bits per heavy atom. The van der Waals surface area contributed by atoms with Gasteiger partial charge in [-0.25, -0.2) is 9.78 Å². The number of carbonyl (C=O) groups excluding carboxylic acids is 1. The molecule has 1 fully saturated rings. The van der Waals surface area contributed by atoms with Crippen LogP contribution in [-0.4, -0.2) is 34.3 Å². The predicted octanol–water partition coefficient (Wildman–Crippen LogP) is 4.62. The van der Waals surface area contributed by atoms with Crippen LogP contribution in [0.1, 0.15) is 35.2 Å². The zero-order chi connectivity index (χ0) is 26.6. The van der Waals surface area contributed by atoms with Gasteiger partial charge in [-0.1, -0.05) is 96.2 Å². The number of carboxylic acid groups (broad SMARTS) is 1. The number of nitrogens with zero attached hydrogens (tertiary/aromatic N) is 2. The van der Waals surface area contributed by atoms with Crippen LogP contribution >= 0.6 is 11.3 Å². The Morgan fingerprint density at radius 2 is 1.45 bits per heavy atom. The summed E-state index contributed by atoms with van der Waals surface area (Å²) in [5.74, 6) is -1.75. The zero-order valence-corrected chi connectivity index (χ0v) is 21.2. The number of benzene rings is 3. The van der Waals surface area contributed by atoms with Crippen LogP contribution in [0.2, 0.25) is 0 Å². The van der Waals surface area contributed by atoms with Crippen molar-refractivity contribution < 1.29 is 19.5 Å². The van der Waals surface area contributed by atoms with Crippen LogP contribution in [0, 0.1) is 5.41 Å². The first-order valence-corrected chi connectivity index (χ1v) is 13.0. The van der Waals surface area contributed by atoms with Crippen LogP contribution in [0.25, 0.3) is 0 Å². The van der Waals surface area contributed by atoms with E-state index in [2.05, 4.69) is 15.5 Å². The molecule has 38 heavy (non-hydrogen) atoms. The van der Waals surface area contributed by atoms with Gasteiger partial charge in [0.05, 0.1) is 5.41 Å². The molecule has 9 heteroatoms. The van der Waals surface area contributed by atoms with E-state index in [-0.39, 0.29) is 18.0 Å². The van der Waals surface area contributed by atoms with E-state index in [0.717, 1.165) is 16.7 Å². The molecule has 1 aliphatic carbocycles. The molecular formula is C29H26N4O4S. The van der Waals surface area contributed by atoms with E-state index in [0.29, 0.717) is 18.0 Å². The maximum Gasteiger partial charge on any atom is 0.360 e. The molecule has 1 saturated carbocycles. The molecule has 5 rings (SSSR count). The molecule has 4 aromatic rings. The molecule has 8 nitrogen and oxygen atoms in total. The molecular weight excluding hydrogens is 500 g/mol. The number of hydrogen-bond donors (Lipinski definition) is 3. The summed E-state index contributed by atoms with van der Waals surface area (Å²) < 4.78 is 0. The number of nitrogens with two attached hydrogens (primary N) is 1. The first-order valence-electron chi connectivity index (χ1n) is 12.1. The van der Waals surface area contributed by atoms with Crippen molar-refractivity contribution in [1.82, 2.24) is 4.98 Å². The average Bonchev–Trinajstić information content (AvgIpc) is 3.61. The summed E-state index contributed by atoms with van der Waals surface area (Å²) in [7, 11) is 0. The standard InChI is InChI=1S/C29H26N4O4S/c30-26(36)28(16-17-28)19-37-33-24(25(34)35)23-18-38-27(31-23)32-29(20-10-4-1-5-11-20,21-12-6-2-7-13-21)22-14-8-3-9-15-22/h1-15,18H,16-17,19H2,(H2,30,36)(H,31,32)(H,34,35). The molecule has 0 bridgehead atoms. The molecule has 0 unspecified atom stereocenters. The highest BCUT2D eigenvalue weighted by atomic mass is 32.1. The van der Waals surface area contributed by atoms with Gasteiger partial charge in [-0.05, 0) is 29.5 Å². The van der Waals surface area contributed by atoms with Gasteiger partial charge in [-0.3, -0.25) is 4.79 Å².